The number of hydrogen-bond donors (Lipinski definition) is 0. The van der Waals surface area contributed by atoms with Gasteiger partial charge in [-0.3, -0.25) is 0 Å². The summed E-state index contributed by atoms with van der Waals surface area (Å²) in [6.45, 7) is 8.65. The molecule has 0 aliphatic heterocycles. The van der Waals surface area contributed by atoms with Crippen molar-refractivity contribution in [2.75, 3.05) is 0 Å². The second-order valence-corrected chi connectivity index (χ2v) is 4.17. The van der Waals surface area contributed by atoms with Crippen molar-refractivity contribution in [3.63, 3.8) is 0 Å². The molecule has 1 rings (SSSR count). The zero-order chi connectivity index (χ0) is 10.7. The zero-order valence-corrected chi connectivity index (χ0v) is 10.0. The molecule has 1 unspecified atom stereocenters. The minimum atomic E-state index is 0.384. The molecular formula is C10H18ClN3. The van der Waals surface area contributed by atoms with E-state index in [1.165, 1.54) is 5.69 Å². The first-order chi connectivity index (χ1) is 6.61. The molecule has 1 atom stereocenters. The maximum atomic E-state index is 5.79. The molecule has 0 spiro atoms. The van der Waals surface area contributed by atoms with Crippen LogP contribution in [0.1, 0.15) is 45.1 Å². The van der Waals surface area contributed by atoms with Crippen LogP contribution in [0.2, 0.25) is 0 Å². The molecule has 14 heavy (non-hydrogen) atoms. The summed E-state index contributed by atoms with van der Waals surface area (Å²) < 4.78 is 2.00. The van der Waals surface area contributed by atoms with Crippen molar-refractivity contribution in [1.29, 1.82) is 0 Å². The third kappa shape index (κ3) is 2.08. The minimum Gasteiger partial charge on any atom is -0.246 e. The first kappa shape index (κ1) is 11.5. The largest absolute Gasteiger partial charge is 0.246 e. The smallest absolute Gasteiger partial charge is 0.101 e. The Bertz CT molecular complexity index is 294. The predicted octanol–water partition coefficient (Wildman–Crippen LogP) is 2.80. The molecule has 1 aromatic heterocycles. The van der Waals surface area contributed by atoms with Crippen molar-refractivity contribution in [2.45, 2.75) is 46.0 Å². The van der Waals surface area contributed by atoms with E-state index in [2.05, 4.69) is 38.0 Å². The fourth-order valence-electron chi connectivity index (χ4n) is 1.43. The Morgan fingerprint density at radius 2 is 2.00 bits per heavy atom. The molecule has 0 aromatic carbocycles. The highest BCUT2D eigenvalue weighted by molar-refractivity contribution is 6.16. The summed E-state index contributed by atoms with van der Waals surface area (Å²) in [6.07, 6.45) is 0.937. The Labute approximate surface area is 90.4 Å². The lowest BCUT2D eigenvalue weighted by Crippen LogP contribution is -2.15. The van der Waals surface area contributed by atoms with Crippen LogP contribution in [-0.2, 0) is 12.3 Å². The normalized spacial score (nSPS) is 13.6. The molecular weight excluding hydrogens is 198 g/mol. The number of hydrogen-bond acceptors (Lipinski definition) is 2. The summed E-state index contributed by atoms with van der Waals surface area (Å²) in [4.78, 5) is 0. The number of halogens is 1. The molecule has 0 fully saturated rings. The standard InChI is InChI=1S/C10H18ClN3/c1-5-10-9(6-11)12-13-14(10)8(4)7(2)3/h7-8H,5-6H2,1-4H3. The lowest BCUT2D eigenvalue weighted by Gasteiger charge is -2.17. The van der Waals surface area contributed by atoms with Gasteiger partial charge in [-0.05, 0) is 19.3 Å². The monoisotopic (exact) mass is 215 g/mol. The summed E-state index contributed by atoms with van der Waals surface area (Å²) in [7, 11) is 0. The van der Waals surface area contributed by atoms with Crippen LogP contribution in [0, 0.1) is 5.92 Å². The van der Waals surface area contributed by atoms with Gasteiger partial charge in [0, 0.05) is 0 Å². The van der Waals surface area contributed by atoms with E-state index in [9.17, 15) is 0 Å². The molecule has 0 N–H and O–H groups in total. The molecule has 1 heterocycles. The molecule has 4 heteroatoms. The van der Waals surface area contributed by atoms with Crippen LogP contribution >= 0.6 is 11.6 Å². The van der Waals surface area contributed by atoms with Gasteiger partial charge in [0.1, 0.15) is 5.69 Å². The van der Waals surface area contributed by atoms with Gasteiger partial charge in [-0.1, -0.05) is 26.0 Å². The van der Waals surface area contributed by atoms with Gasteiger partial charge in [-0.25, -0.2) is 4.68 Å². The molecule has 0 saturated carbocycles. The van der Waals surface area contributed by atoms with E-state index in [1.807, 2.05) is 4.68 Å². The Balaban J connectivity index is 3.02. The van der Waals surface area contributed by atoms with Crippen LogP contribution in [0.3, 0.4) is 0 Å². The predicted molar refractivity (Wildman–Crippen MR) is 58.5 cm³/mol. The van der Waals surface area contributed by atoms with Gasteiger partial charge in [-0.15, -0.1) is 16.7 Å². The summed E-state index contributed by atoms with van der Waals surface area (Å²) in [5.74, 6) is 1.01. The topological polar surface area (TPSA) is 30.7 Å². The third-order valence-electron chi connectivity index (χ3n) is 2.68. The molecule has 0 bridgehead atoms. The van der Waals surface area contributed by atoms with E-state index in [0.717, 1.165) is 12.1 Å². The van der Waals surface area contributed by atoms with Crippen LogP contribution < -0.4 is 0 Å². The van der Waals surface area contributed by atoms with Gasteiger partial charge in [-0.2, -0.15) is 0 Å². The Hall–Kier alpha value is -0.570. The van der Waals surface area contributed by atoms with Crippen molar-refractivity contribution in [3.8, 4) is 0 Å². The van der Waals surface area contributed by atoms with E-state index in [0.29, 0.717) is 17.8 Å². The molecule has 0 radical (unpaired) electrons. The van der Waals surface area contributed by atoms with Crippen LogP contribution in [0.5, 0.6) is 0 Å². The molecule has 80 valence electrons. The second-order valence-electron chi connectivity index (χ2n) is 3.90. The average Bonchev–Trinajstić information content (AvgIpc) is 2.58. The van der Waals surface area contributed by atoms with Crippen molar-refractivity contribution in [3.05, 3.63) is 11.4 Å². The molecule has 0 aliphatic carbocycles. The fraction of sp³-hybridized carbons (Fsp3) is 0.800. The molecule has 0 amide bonds. The minimum absolute atomic E-state index is 0.384. The first-order valence-corrected chi connectivity index (χ1v) is 5.64. The highest BCUT2D eigenvalue weighted by atomic mass is 35.5. The molecule has 3 nitrogen and oxygen atoms in total. The SMILES string of the molecule is CCc1c(CCl)nnn1C(C)C(C)C. The van der Waals surface area contributed by atoms with E-state index < -0.39 is 0 Å². The van der Waals surface area contributed by atoms with Gasteiger partial charge in [0.2, 0.25) is 0 Å². The zero-order valence-electron chi connectivity index (χ0n) is 9.29. The van der Waals surface area contributed by atoms with Crippen molar-refractivity contribution < 1.29 is 0 Å². The van der Waals surface area contributed by atoms with Crippen LogP contribution in [0.15, 0.2) is 0 Å². The Kier molecular flexibility index (Phi) is 3.93. The lowest BCUT2D eigenvalue weighted by atomic mass is 10.1. The van der Waals surface area contributed by atoms with Gasteiger partial charge >= 0.3 is 0 Å². The van der Waals surface area contributed by atoms with E-state index in [1.54, 1.807) is 0 Å². The Morgan fingerprint density at radius 3 is 2.43 bits per heavy atom. The van der Waals surface area contributed by atoms with Gasteiger partial charge < -0.3 is 0 Å². The van der Waals surface area contributed by atoms with Crippen LogP contribution in [0.4, 0.5) is 0 Å². The van der Waals surface area contributed by atoms with Crippen LogP contribution in [0.25, 0.3) is 0 Å². The van der Waals surface area contributed by atoms with Crippen molar-refractivity contribution >= 4 is 11.6 Å². The van der Waals surface area contributed by atoms with Gasteiger partial charge in [0.25, 0.3) is 0 Å². The maximum Gasteiger partial charge on any atom is 0.101 e. The summed E-state index contributed by atoms with van der Waals surface area (Å²) in [5.41, 5.74) is 2.09. The number of aromatic nitrogens is 3. The number of nitrogens with zero attached hydrogens (tertiary/aromatic N) is 3. The molecule has 0 saturated heterocycles. The second kappa shape index (κ2) is 4.78. The molecule has 0 aliphatic rings. The highest BCUT2D eigenvalue weighted by Gasteiger charge is 2.17. The van der Waals surface area contributed by atoms with Gasteiger partial charge in [0.15, 0.2) is 0 Å². The van der Waals surface area contributed by atoms with E-state index >= 15 is 0 Å². The fourth-order valence-corrected chi connectivity index (χ4v) is 1.63. The van der Waals surface area contributed by atoms with Crippen molar-refractivity contribution in [1.82, 2.24) is 15.0 Å². The molecule has 1 aromatic rings. The number of rotatable bonds is 4. The van der Waals surface area contributed by atoms with Gasteiger partial charge in [0.05, 0.1) is 17.6 Å². The van der Waals surface area contributed by atoms with E-state index in [4.69, 9.17) is 11.6 Å². The number of alkyl halides is 1. The summed E-state index contributed by atoms with van der Waals surface area (Å²) in [6, 6.07) is 0.384. The third-order valence-corrected chi connectivity index (χ3v) is 2.94. The first-order valence-electron chi connectivity index (χ1n) is 5.10. The quantitative estimate of drug-likeness (QED) is 0.724. The Morgan fingerprint density at radius 1 is 1.36 bits per heavy atom. The summed E-state index contributed by atoms with van der Waals surface area (Å²) in [5, 5.41) is 8.25. The lowest BCUT2D eigenvalue weighted by molar-refractivity contribution is 0.359. The van der Waals surface area contributed by atoms with Crippen LogP contribution in [-0.4, -0.2) is 15.0 Å². The summed E-state index contributed by atoms with van der Waals surface area (Å²) >= 11 is 5.79. The van der Waals surface area contributed by atoms with E-state index in [-0.39, 0.29) is 0 Å². The maximum absolute atomic E-state index is 5.79. The highest BCUT2D eigenvalue weighted by Crippen LogP contribution is 2.20. The van der Waals surface area contributed by atoms with Crippen molar-refractivity contribution in [2.24, 2.45) is 5.92 Å². The average molecular weight is 216 g/mol.